The third-order valence-electron chi connectivity index (χ3n) is 6.62. The summed E-state index contributed by atoms with van der Waals surface area (Å²) >= 11 is 0. The van der Waals surface area contributed by atoms with Crippen molar-refractivity contribution in [3.63, 3.8) is 0 Å². The van der Waals surface area contributed by atoms with Crippen molar-refractivity contribution in [2.24, 2.45) is 11.7 Å². The first kappa shape index (κ1) is 22.8. The summed E-state index contributed by atoms with van der Waals surface area (Å²) in [5, 5.41) is 3.20. The number of nitrogens with two attached hydrogens (primary N) is 1. The number of nitrogens with one attached hydrogen (secondary N) is 1. The lowest BCUT2D eigenvalue weighted by molar-refractivity contribution is -0.121. The molecule has 4 rings (SSSR count). The minimum Gasteiger partial charge on any atom is -0.495 e. The third kappa shape index (κ3) is 4.58. The highest BCUT2D eigenvalue weighted by Crippen LogP contribution is 2.38. The van der Waals surface area contributed by atoms with Crippen LogP contribution in [0, 0.1) is 5.92 Å². The standard InChI is InChI=1S/C24H32N6O3/c1-4-7-16-14-30(17-8-5-6-9-17)22-19(29(2)23(16)32)13-26-24(28-22)27-18-11-10-15(21(25)31)12-20(18)33-3/h10-13,16-17H,4-9,14H2,1-3H3,(H2,25,31)(H,26,27,28)/t16-/m0/s1. The second-order valence-corrected chi connectivity index (χ2v) is 8.78. The van der Waals surface area contributed by atoms with Crippen molar-refractivity contribution in [3.05, 3.63) is 30.0 Å². The zero-order valence-electron chi connectivity index (χ0n) is 19.5. The molecular formula is C24H32N6O3. The fourth-order valence-electron chi connectivity index (χ4n) is 4.84. The zero-order valence-corrected chi connectivity index (χ0v) is 19.5. The van der Waals surface area contributed by atoms with Crippen LogP contribution in [-0.4, -0.2) is 48.5 Å². The van der Waals surface area contributed by atoms with Crippen LogP contribution in [0.3, 0.4) is 0 Å². The van der Waals surface area contributed by atoms with Gasteiger partial charge in [0.25, 0.3) is 0 Å². The molecule has 0 saturated heterocycles. The molecule has 1 fully saturated rings. The summed E-state index contributed by atoms with van der Waals surface area (Å²) in [4.78, 5) is 38.1. The van der Waals surface area contributed by atoms with E-state index in [-0.39, 0.29) is 11.8 Å². The molecule has 1 atom stereocenters. The molecule has 9 heteroatoms. The zero-order chi connectivity index (χ0) is 23.5. The highest BCUT2D eigenvalue weighted by molar-refractivity contribution is 5.99. The van der Waals surface area contributed by atoms with Gasteiger partial charge in [-0.25, -0.2) is 4.98 Å². The maximum absolute atomic E-state index is 13.2. The highest BCUT2D eigenvalue weighted by Gasteiger charge is 2.36. The van der Waals surface area contributed by atoms with Crippen LogP contribution in [0.15, 0.2) is 24.4 Å². The van der Waals surface area contributed by atoms with Gasteiger partial charge in [0.1, 0.15) is 11.4 Å². The molecule has 1 saturated carbocycles. The van der Waals surface area contributed by atoms with E-state index in [9.17, 15) is 9.59 Å². The number of benzene rings is 1. The summed E-state index contributed by atoms with van der Waals surface area (Å²) in [7, 11) is 3.34. The summed E-state index contributed by atoms with van der Waals surface area (Å²) < 4.78 is 5.43. The van der Waals surface area contributed by atoms with Crippen LogP contribution >= 0.6 is 0 Å². The van der Waals surface area contributed by atoms with Crippen LogP contribution < -0.4 is 25.6 Å². The number of hydrogen-bond acceptors (Lipinski definition) is 7. The van der Waals surface area contributed by atoms with Crippen molar-refractivity contribution >= 4 is 35.0 Å². The van der Waals surface area contributed by atoms with Gasteiger partial charge in [-0.15, -0.1) is 0 Å². The molecule has 2 amide bonds. The van der Waals surface area contributed by atoms with E-state index >= 15 is 0 Å². The Balaban J connectivity index is 1.71. The van der Waals surface area contributed by atoms with Crippen molar-refractivity contribution in [3.8, 4) is 5.75 Å². The average molecular weight is 453 g/mol. The topological polar surface area (TPSA) is 114 Å². The van der Waals surface area contributed by atoms with Gasteiger partial charge in [0.15, 0.2) is 5.82 Å². The normalized spacial score (nSPS) is 18.8. The lowest BCUT2D eigenvalue weighted by Gasteiger charge is -2.31. The molecule has 2 aliphatic rings. The van der Waals surface area contributed by atoms with E-state index in [0.29, 0.717) is 35.5 Å². The number of aromatic nitrogens is 2. The SMILES string of the molecule is CCC[C@H]1CN(C2CCCC2)c2nc(Nc3ccc(C(N)=O)cc3OC)ncc2N(C)C1=O. The Labute approximate surface area is 194 Å². The summed E-state index contributed by atoms with van der Waals surface area (Å²) in [5.74, 6) is 1.17. The Kier molecular flexibility index (Phi) is 6.67. The van der Waals surface area contributed by atoms with E-state index in [2.05, 4.69) is 22.1 Å². The number of fused-ring (bicyclic) bond motifs is 1. The molecule has 2 heterocycles. The molecule has 0 unspecified atom stereocenters. The lowest BCUT2D eigenvalue weighted by atomic mass is 10.0. The third-order valence-corrected chi connectivity index (χ3v) is 6.62. The van der Waals surface area contributed by atoms with E-state index in [1.165, 1.54) is 20.0 Å². The van der Waals surface area contributed by atoms with Crippen molar-refractivity contribution < 1.29 is 14.3 Å². The molecule has 1 aliphatic carbocycles. The summed E-state index contributed by atoms with van der Waals surface area (Å²) in [6.45, 7) is 2.78. The van der Waals surface area contributed by atoms with E-state index in [1.807, 2.05) is 7.05 Å². The number of hydrogen-bond donors (Lipinski definition) is 2. The Morgan fingerprint density at radius 1 is 1.30 bits per heavy atom. The number of carbonyl (C=O) groups is 2. The summed E-state index contributed by atoms with van der Waals surface area (Å²) in [5.41, 5.74) is 7.09. The molecule has 2 aromatic rings. The van der Waals surface area contributed by atoms with E-state index < -0.39 is 5.91 Å². The second kappa shape index (κ2) is 9.64. The smallest absolute Gasteiger partial charge is 0.248 e. The number of rotatable bonds is 7. The highest BCUT2D eigenvalue weighted by atomic mass is 16.5. The molecule has 1 aromatic carbocycles. The van der Waals surface area contributed by atoms with E-state index in [1.54, 1.807) is 29.3 Å². The van der Waals surface area contributed by atoms with Crippen LogP contribution in [0.4, 0.5) is 23.1 Å². The molecule has 33 heavy (non-hydrogen) atoms. The predicted octanol–water partition coefficient (Wildman–Crippen LogP) is 3.47. The number of methoxy groups -OCH3 is 1. The van der Waals surface area contributed by atoms with Gasteiger partial charge in [0.05, 0.1) is 24.9 Å². The molecule has 0 spiro atoms. The van der Waals surface area contributed by atoms with Gasteiger partial charge in [-0.05, 0) is 37.5 Å². The number of nitrogens with zero attached hydrogens (tertiary/aromatic N) is 4. The number of carbonyl (C=O) groups excluding carboxylic acids is 2. The first-order valence-electron chi connectivity index (χ1n) is 11.6. The molecule has 1 aliphatic heterocycles. The molecule has 1 aromatic heterocycles. The van der Waals surface area contributed by atoms with Gasteiger partial charge < -0.3 is 25.6 Å². The number of anilines is 4. The monoisotopic (exact) mass is 452 g/mol. The van der Waals surface area contributed by atoms with Crippen molar-refractivity contribution in [1.82, 2.24) is 9.97 Å². The number of primary amides is 1. The molecule has 176 valence electrons. The van der Waals surface area contributed by atoms with Crippen molar-refractivity contribution in [2.75, 3.05) is 35.8 Å². The quantitative estimate of drug-likeness (QED) is 0.661. The molecule has 0 radical (unpaired) electrons. The first-order valence-corrected chi connectivity index (χ1v) is 11.6. The minimum atomic E-state index is -0.525. The molecule has 3 N–H and O–H groups in total. The summed E-state index contributed by atoms with van der Waals surface area (Å²) in [6, 6.07) is 5.30. The minimum absolute atomic E-state index is 0.0624. The van der Waals surface area contributed by atoms with Crippen molar-refractivity contribution in [2.45, 2.75) is 51.5 Å². The van der Waals surface area contributed by atoms with E-state index in [4.69, 9.17) is 15.5 Å². The van der Waals surface area contributed by atoms with E-state index in [0.717, 1.165) is 37.2 Å². The van der Waals surface area contributed by atoms with Crippen LogP contribution in [0.25, 0.3) is 0 Å². The summed E-state index contributed by atoms with van der Waals surface area (Å²) in [6.07, 6.45) is 8.11. The van der Waals surface area contributed by atoms with Gasteiger partial charge in [0, 0.05) is 25.2 Å². The maximum Gasteiger partial charge on any atom is 0.248 e. The van der Waals surface area contributed by atoms with Gasteiger partial charge in [-0.1, -0.05) is 26.2 Å². The fraction of sp³-hybridized carbons (Fsp3) is 0.500. The number of amides is 2. The van der Waals surface area contributed by atoms with Crippen molar-refractivity contribution in [1.29, 1.82) is 0 Å². The Morgan fingerprint density at radius 2 is 2.06 bits per heavy atom. The maximum atomic E-state index is 13.2. The van der Waals surface area contributed by atoms with Crippen LogP contribution in [0.2, 0.25) is 0 Å². The van der Waals surface area contributed by atoms with Crippen LogP contribution in [-0.2, 0) is 4.79 Å². The second-order valence-electron chi connectivity index (χ2n) is 8.78. The molecular weight excluding hydrogens is 420 g/mol. The van der Waals surface area contributed by atoms with Crippen LogP contribution in [0.1, 0.15) is 55.8 Å². The average Bonchev–Trinajstić information content (AvgIpc) is 3.32. The largest absolute Gasteiger partial charge is 0.495 e. The number of ether oxygens (including phenoxy) is 1. The molecule has 9 nitrogen and oxygen atoms in total. The Bertz CT molecular complexity index is 1040. The Morgan fingerprint density at radius 3 is 2.73 bits per heavy atom. The van der Waals surface area contributed by atoms with Gasteiger partial charge in [-0.2, -0.15) is 4.98 Å². The van der Waals surface area contributed by atoms with Gasteiger partial charge in [0.2, 0.25) is 17.8 Å². The first-order chi connectivity index (χ1) is 15.9. The lowest BCUT2D eigenvalue weighted by Crippen LogP contribution is -2.40. The van der Waals surface area contributed by atoms with Gasteiger partial charge in [-0.3, -0.25) is 9.59 Å². The van der Waals surface area contributed by atoms with Gasteiger partial charge >= 0.3 is 0 Å². The molecule has 0 bridgehead atoms. The van der Waals surface area contributed by atoms with Crippen LogP contribution in [0.5, 0.6) is 5.75 Å². The predicted molar refractivity (Wildman–Crippen MR) is 128 cm³/mol. The Hall–Kier alpha value is -3.36. The fourth-order valence-corrected chi connectivity index (χ4v) is 4.84.